The maximum Gasteiger partial charge on any atom is 0.220 e. The van der Waals surface area contributed by atoms with E-state index < -0.39 is 86.8 Å². The Morgan fingerprint density at radius 3 is 1.66 bits per heavy atom. The smallest absolute Gasteiger partial charge is 0.220 e. The third kappa shape index (κ3) is 17.6. The van der Waals surface area contributed by atoms with Crippen LogP contribution < -0.4 is 5.32 Å². The van der Waals surface area contributed by atoms with Gasteiger partial charge in [-0.2, -0.15) is 0 Å². The first kappa shape index (κ1) is 47.9. The summed E-state index contributed by atoms with van der Waals surface area (Å²) in [4.78, 5) is 12.2. The van der Waals surface area contributed by atoms with Crippen LogP contribution in [-0.4, -0.2) is 140 Å². The van der Waals surface area contributed by atoms with E-state index in [0.29, 0.717) is 0 Å². The first-order valence-electron chi connectivity index (χ1n) is 20.4. The predicted molar refractivity (Wildman–Crippen MR) is 199 cm³/mol. The highest BCUT2D eigenvalue weighted by Crippen LogP contribution is 2.29. The lowest BCUT2D eigenvalue weighted by Crippen LogP contribution is -2.65. The van der Waals surface area contributed by atoms with Gasteiger partial charge in [0.1, 0.15) is 48.8 Å². The topological polar surface area (TPSA) is 228 Å². The summed E-state index contributed by atoms with van der Waals surface area (Å²) in [5.41, 5.74) is 0. The van der Waals surface area contributed by atoms with Gasteiger partial charge in [-0.05, 0) is 12.8 Å². The molecule has 2 fully saturated rings. The van der Waals surface area contributed by atoms with Crippen molar-refractivity contribution in [3.8, 4) is 0 Å². The van der Waals surface area contributed by atoms with Crippen molar-refractivity contribution < 1.29 is 64.6 Å². The van der Waals surface area contributed by atoms with Crippen molar-refractivity contribution in [2.75, 3.05) is 19.8 Å². The third-order valence-electron chi connectivity index (χ3n) is 10.3. The Morgan fingerprint density at radius 1 is 0.660 bits per heavy atom. The lowest BCUT2D eigenvalue weighted by atomic mass is 9.97. The highest BCUT2D eigenvalue weighted by Gasteiger charge is 2.50. The van der Waals surface area contributed by atoms with Gasteiger partial charge in [-0.15, -0.1) is 0 Å². The molecule has 2 saturated heterocycles. The lowest BCUT2D eigenvalue weighted by molar-refractivity contribution is -0.359. The zero-order valence-corrected chi connectivity index (χ0v) is 32.3. The highest BCUT2D eigenvalue weighted by atomic mass is 16.7. The summed E-state index contributed by atoms with van der Waals surface area (Å²) >= 11 is 0. The second-order valence-electron chi connectivity index (χ2n) is 14.7. The number of allylic oxidation sites excluding steroid dienone is 1. The van der Waals surface area contributed by atoms with Crippen LogP contribution in [0.5, 0.6) is 0 Å². The van der Waals surface area contributed by atoms with Crippen molar-refractivity contribution >= 4 is 5.91 Å². The molecule has 2 aliphatic heterocycles. The molecule has 14 heteroatoms. The number of aliphatic hydroxyl groups is 8. The molecule has 53 heavy (non-hydrogen) atoms. The maximum atomic E-state index is 12.2. The molecule has 0 aromatic heterocycles. The SMILES string of the molecule is CCCCCCCCCCCCCCCCCCC/C=C/C(O)C(COC1OC(CO)C(OC2OC(CO)C(O)C(O)C2O)C(O)C1O)NC(=O)CC. The van der Waals surface area contributed by atoms with Crippen LogP contribution >= 0.6 is 0 Å². The molecule has 0 spiro atoms. The first-order valence-corrected chi connectivity index (χ1v) is 20.4. The Bertz CT molecular complexity index is 956. The Balaban J connectivity index is 1.71. The number of aliphatic hydroxyl groups excluding tert-OH is 8. The second kappa shape index (κ2) is 28.2. The number of rotatable bonds is 29. The number of nitrogens with one attached hydrogen (secondary N) is 1. The molecule has 0 aliphatic carbocycles. The van der Waals surface area contributed by atoms with E-state index in [-0.39, 0.29) is 18.9 Å². The minimum Gasteiger partial charge on any atom is -0.394 e. The standard InChI is InChI=1S/C39H73NO13/c1-3-5-6-7-8-9-10-11-12-13-14-15-16-17-18-19-20-21-22-23-28(43)27(40-31(44)4-2)26-50-38-36(49)34(47)37(30(25-42)52-38)53-39-35(48)33(46)32(45)29(24-41)51-39/h22-23,27-30,32-39,41-43,45-49H,3-21,24-26H2,1-2H3,(H,40,44)/b23-22+. The van der Waals surface area contributed by atoms with E-state index in [1.165, 1.54) is 96.3 Å². The summed E-state index contributed by atoms with van der Waals surface area (Å²) in [6.07, 6.45) is 9.59. The monoisotopic (exact) mass is 764 g/mol. The average molecular weight is 764 g/mol. The number of carbonyl (C=O) groups excluding carboxylic acids is 1. The average Bonchev–Trinajstić information content (AvgIpc) is 3.16. The van der Waals surface area contributed by atoms with E-state index in [0.717, 1.165) is 19.3 Å². The first-order chi connectivity index (χ1) is 25.6. The van der Waals surface area contributed by atoms with Crippen molar-refractivity contribution in [3.05, 3.63) is 12.2 Å². The summed E-state index contributed by atoms with van der Waals surface area (Å²) in [7, 11) is 0. The molecule has 0 bridgehead atoms. The number of ether oxygens (including phenoxy) is 4. The van der Waals surface area contributed by atoms with E-state index in [2.05, 4.69) is 12.2 Å². The van der Waals surface area contributed by atoms with Crippen LogP contribution in [0.3, 0.4) is 0 Å². The zero-order chi connectivity index (χ0) is 39.0. The number of amides is 1. The highest BCUT2D eigenvalue weighted by molar-refractivity contribution is 5.75. The fourth-order valence-electron chi connectivity index (χ4n) is 6.78. The van der Waals surface area contributed by atoms with E-state index in [9.17, 15) is 45.6 Å². The molecule has 2 rings (SSSR count). The van der Waals surface area contributed by atoms with E-state index in [1.54, 1.807) is 13.0 Å². The van der Waals surface area contributed by atoms with Gasteiger partial charge < -0.3 is 65.1 Å². The fraction of sp³-hybridized carbons (Fsp3) is 0.923. The molecule has 0 radical (unpaired) electrons. The van der Waals surface area contributed by atoms with E-state index in [1.807, 2.05) is 6.08 Å². The minimum atomic E-state index is -1.78. The number of hydrogen-bond acceptors (Lipinski definition) is 13. The van der Waals surface area contributed by atoms with Crippen molar-refractivity contribution in [1.29, 1.82) is 0 Å². The van der Waals surface area contributed by atoms with Gasteiger partial charge in [-0.3, -0.25) is 4.79 Å². The van der Waals surface area contributed by atoms with Gasteiger partial charge in [-0.25, -0.2) is 0 Å². The quantitative estimate of drug-likeness (QED) is 0.0395. The van der Waals surface area contributed by atoms with Crippen LogP contribution in [0.4, 0.5) is 0 Å². The van der Waals surface area contributed by atoms with Crippen LogP contribution in [-0.2, 0) is 23.7 Å². The molecule has 2 aliphatic rings. The fourth-order valence-corrected chi connectivity index (χ4v) is 6.78. The molecule has 12 atom stereocenters. The van der Waals surface area contributed by atoms with Crippen LogP contribution in [0.15, 0.2) is 12.2 Å². The van der Waals surface area contributed by atoms with Gasteiger partial charge in [0.2, 0.25) is 5.91 Å². The number of unbranched alkanes of at least 4 members (excludes halogenated alkanes) is 17. The van der Waals surface area contributed by atoms with Gasteiger partial charge in [0.25, 0.3) is 0 Å². The van der Waals surface area contributed by atoms with E-state index >= 15 is 0 Å². The molecule has 2 heterocycles. The Morgan fingerprint density at radius 2 is 1.15 bits per heavy atom. The molecule has 9 N–H and O–H groups in total. The summed E-state index contributed by atoms with van der Waals surface area (Å²) < 4.78 is 22.3. The van der Waals surface area contributed by atoms with E-state index in [4.69, 9.17) is 18.9 Å². The number of carbonyl (C=O) groups is 1. The minimum absolute atomic E-state index is 0.164. The van der Waals surface area contributed by atoms with Crippen molar-refractivity contribution in [2.45, 2.75) is 209 Å². The normalized spacial score (nSPS) is 30.5. The zero-order valence-electron chi connectivity index (χ0n) is 32.3. The molecule has 14 nitrogen and oxygen atoms in total. The van der Waals surface area contributed by atoms with Crippen molar-refractivity contribution in [2.24, 2.45) is 0 Å². The molecule has 0 saturated carbocycles. The Labute approximate surface area is 316 Å². The molecule has 0 aromatic rings. The van der Waals surface area contributed by atoms with Gasteiger partial charge in [-0.1, -0.05) is 129 Å². The molecule has 0 aromatic carbocycles. The summed E-state index contributed by atoms with van der Waals surface area (Å²) in [6, 6.07) is -0.905. The van der Waals surface area contributed by atoms with Crippen LogP contribution in [0.2, 0.25) is 0 Å². The summed E-state index contributed by atoms with van der Waals surface area (Å²) in [5, 5.41) is 85.1. The third-order valence-corrected chi connectivity index (χ3v) is 10.3. The van der Waals surface area contributed by atoms with Gasteiger partial charge in [0.05, 0.1) is 32.0 Å². The molecular weight excluding hydrogens is 690 g/mol. The van der Waals surface area contributed by atoms with Gasteiger partial charge >= 0.3 is 0 Å². The molecular formula is C39H73NO13. The maximum absolute atomic E-state index is 12.2. The van der Waals surface area contributed by atoms with Crippen molar-refractivity contribution in [3.63, 3.8) is 0 Å². The molecule has 1 amide bonds. The number of hydrogen-bond donors (Lipinski definition) is 9. The predicted octanol–water partition coefficient (Wildman–Crippen LogP) is 2.48. The van der Waals surface area contributed by atoms with Gasteiger partial charge in [0, 0.05) is 6.42 Å². The molecule has 12 unspecified atom stereocenters. The van der Waals surface area contributed by atoms with Gasteiger partial charge in [0.15, 0.2) is 12.6 Å². The Hall–Kier alpha value is -1.27. The largest absolute Gasteiger partial charge is 0.394 e. The molecule has 312 valence electrons. The summed E-state index contributed by atoms with van der Waals surface area (Å²) in [6.45, 7) is 2.20. The summed E-state index contributed by atoms with van der Waals surface area (Å²) in [5.74, 6) is -0.328. The van der Waals surface area contributed by atoms with Crippen LogP contribution in [0.1, 0.15) is 136 Å². The van der Waals surface area contributed by atoms with Crippen LogP contribution in [0.25, 0.3) is 0 Å². The Kier molecular flexibility index (Phi) is 25.5. The van der Waals surface area contributed by atoms with Crippen molar-refractivity contribution in [1.82, 2.24) is 5.32 Å². The lowest BCUT2D eigenvalue weighted by Gasteiger charge is -2.46. The van der Waals surface area contributed by atoms with Crippen LogP contribution in [0, 0.1) is 0 Å². The second-order valence-corrected chi connectivity index (χ2v) is 14.7.